The smallest absolute Gasteiger partial charge is 0.201 e. The van der Waals surface area contributed by atoms with E-state index in [0.29, 0.717) is 10.4 Å². The summed E-state index contributed by atoms with van der Waals surface area (Å²) in [5, 5.41) is 0. The molecule has 3 heteroatoms. The summed E-state index contributed by atoms with van der Waals surface area (Å²) in [7, 11) is 0. The zero-order chi connectivity index (χ0) is 11.8. The minimum absolute atomic E-state index is 0.0328. The molecule has 0 N–H and O–H groups in total. The number of hydrogen-bond donors (Lipinski definition) is 0. The second kappa shape index (κ2) is 4.15. The van der Waals surface area contributed by atoms with E-state index in [9.17, 15) is 4.79 Å². The van der Waals surface area contributed by atoms with Gasteiger partial charge in [-0.1, -0.05) is 24.3 Å². The Kier molecular flexibility index (Phi) is 2.63. The van der Waals surface area contributed by atoms with Crippen molar-refractivity contribution in [1.29, 1.82) is 0 Å². The average molecular weight is 291 g/mol. The van der Waals surface area contributed by atoms with E-state index in [0.717, 1.165) is 12.8 Å². The maximum absolute atomic E-state index is 12.2. The monoisotopic (exact) mass is 290 g/mol. The normalized spacial score (nSPS) is 14.9. The number of halogens is 1. The molecule has 0 unspecified atom stereocenters. The van der Waals surface area contributed by atoms with Gasteiger partial charge >= 0.3 is 0 Å². The number of hydrogen-bond acceptors (Lipinski definition) is 2. The Balaban J connectivity index is 1.83. The van der Waals surface area contributed by atoms with Gasteiger partial charge in [-0.05, 0) is 52.0 Å². The highest BCUT2D eigenvalue weighted by molar-refractivity contribution is 9.10. The van der Waals surface area contributed by atoms with Crippen LogP contribution >= 0.6 is 15.9 Å². The van der Waals surface area contributed by atoms with Crippen molar-refractivity contribution in [3.05, 3.63) is 58.0 Å². The summed E-state index contributed by atoms with van der Waals surface area (Å²) >= 11 is 3.22. The summed E-state index contributed by atoms with van der Waals surface area (Å²) in [6.07, 6.45) is 1.65. The number of Topliss-reactive ketones (excluding diaryl/α,β-unsaturated/α-hetero) is 1. The Bertz CT molecular complexity index is 546. The van der Waals surface area contributed by atoms with Crippen LogP contribution in [0.4, 0.5) is 0 Å². The molecule has 2 aromatic rings. The molecular weight excluding hydrogens is 280 g/mol. The van der Waals surface area contributed by atoms with Crippen LogP contribution in [0.15, 0.2) is 45.5 Å². The Hall–Kier alpha value is -1.35. The molecule has 3 rings (SSSR count). The van der Waals surface area contributed by atoms with Crippen molar-refractivity contribution in [1.82, 2.24) is 0 Å². The van der Waals surface area contributed by atoms with Crippen molar-refractivity contribution in [2.45, 2.75) is 12.8 Å². The number of ketones is 1. The summed E-state index contributed by atoms with van der Waals surface area (Å²) in [5.74, 6) is 0.590. The van der Waals surface area contributed by atoms with E-state index in [1.165, 1.54) is 11.1 Å². The van der Waals surface area contributed by atoms with Crippen LogP contribution in [0.3, 0.4) is 0 Å². The summed E-state index contributed by atoms with van der Waals surface area (Å²) in [4.78, 5) is 12.2. The predicted octanol–water partition coefficient (Wildman–Crippen LogP) is 3.64. The summed E-state index contributed by atoms with van der Waals surface area (Å²) < 4.78 is 5.93. The molecule has 1 aliphatic rings. The largest absolute Gasteiger partial charge is 0.446 e. The molecule has 86 valence electrons. The molecule has 17 heavy (non-hydrogen) atoms. The van der Waals surface area contributed by atoms with E-state index >= 15 is 0 Å². The van der Waals surface area contributed by atoms with Gasteiger partial charge in [-0.2, -0.15) is 0 Å². The van der Waals surface area contributed by atoms with Crippen LogP contribution < -0.4 is 0 Å². The highest BCUT2D eigenvalue weighted by atomic mass is 79.9. The summed E-state index contributed by atoms with van der Waals surface area (Å²) in [6.45, 7) is 0. The molecule has 0 radical (unpaired) electrons. The number of fused-ring (bicyclic) bond motifs is 1. The quantitative estimate of drug-likeness (QED) is 0.791. The lowest BCUT2D eigenvalue weighted by Crippen LogP contribution is -2.14. The van der Waals surface area contributed by atoms with Crippen LogP contribution in [-0.2, 0) is 12.8 Å². The highest BCUT2D eigenvalue weighted by Crippen LogP contribution is 2.29. The Morgan fingerprint density at radius 2 is 1.76 bits per heavy atom. The van der Waals surface area contributed by atoms with Gasteiger partial charge < -0.3 is 4.42 Å². The lowest BCUT2D eigenvalue weighted by molar-refractivity contribution is 0.0895. The molecule has 0 saturated heterocycles. The molecule has 1 aromatic carbocycles. The Morgan fingerprint density at radius 1 is 1.12 bits per heavy atom. The first-order valence-electron chi connectivity index (χ1n) is 5.60. The zero-order valence-corrected chi connectivity index (χ0v) is 10.7. The Morgan fingerprint density at radius 3 is 2.29 bits per heavy atom. The number of rotatable bonds is 2. The Labute approximate surface area is 108 Å². The third-order valence-corrected chi connectivity index (χ3v) is 3.66. The third-order valence-electron chi connectivity index (χ3n) is 3.24. The van der Waals surface area contributed by atoms with E-state index < -0.39 is 0 Å². The summed E-state index contributed by atoms with van der Waals surface area (Å²) in [5.41, 5.74) is 2.58. The first-order chi connectivity index (χ1) is 8.24. The second-order valence-corrected chi connectivity index (χ2v) is 5.12. The van der Waals surface area contributed by atoms with Crippen molar-refractivity contribution in [2.75, 3.05) is 0 Å². The number of carbonyl (C=O) groups is 1. The molecule has 1 aromatic heterocycles. The van der Waals surface area contributed by atoms with E-state index in [-0.39, 0.29) is 11.7 Å². The van der Waals surface area contributed by atoms with E-state index in [1.54, 1.807) is 12.1 Å². The van der Waals surface area contributed by atoms with Crippen LogP contribution in [0.5, 0.6) is 0 Å². The fraction of sp³-hybridized carbons (Fsp3) is 0.214. The molecule has 0 bridgehead atoms. The minimum atomic E-state index is 0.0328. The molecule has 2 nitrogen and oxygen atoms in total. The molecular formula is C14H11BrO2. The first kappa shape index (κ1) is 10.8. The second-order valence-electron chi connectivity index (χ2n) is 4.34. The van der Waals surface area contributed by atoms with Crippen LogP contribution in [0, 0.1) is 5.92 Å². The van der Waals surface area contributed by atoms with Crippen LogP contribution in [0.25, 0.3) is 0 Å². The van der Waals surface area contributed by atoms with Gasteiger partial charge in [0.2, 0.25) is 5.78 Å². The van der Waals surface area contributed by atoms with Crippen molar-refractivity contribution >= 4 is 21.7 Å². The average Bonchev–Trinajstić information content (AvgIpc) is 2.93. The highest BCUT2D eigenvalue weighted by Gasteiger charge is 2.29. The molecule has 0 amide bonds. The predicted molar refractivity (Wildman–Crippen MR) is 68.1 cm³/mol. The van der Waals surface area contributed by atoms with Crippen LogP contribution in [0.2, 0.25) is 0 Å². The number of benzene rings is 1. The first-order valence-corrected chi connectivity index (χ1v) is 6.39. The van der Waals surface area contributed by atoms with Crippen molar-refractivity contribution in [3.63, 3.8) is 0 Å². The zero-order valence-electron chi connectivity index (χ0n) is 9.15. The van der Waals surface area contributed by atoms with Gasteiger partial charge in [-0.25, -0.2) is 0 Å². The fourth-order valence-electron chi connectivity index (χ4n) is 2.39. The lowest BCUT2D eigenvalue weighted by Gasteiger charge is -2.04. The lowest BCUT2D eigenvalue weighted by atomic mass is 9.99. The third kappa shape index (κ3) is 1.95. The molecule has 0 saturated carbocycles. The fourth-order valence-corrected chi connectivity index (χ4v) is 2.70. The molecule has 0 spiro atoms. The number of furan rings is 1. The van der Waals surface area contributed by atoms with Crippen molar-refractivity contribution < 1.29 is 9.21 Å². The van der Waals surface area contributed by atoms with Gasteiger partial charge in [0, 0.05) is 5.92 Å². The maximum atomic E-state index is 12.2. The standard InChI is InChI=1S/C14H11BrO2/c15-13-6-5-12(17-13)14(16)11-7-9-3-1-2-4-10(9)8-11/h1-6,11H,7-8H2. The van der Waals surface area contributed by atoms with Crippen molar-refractivity contribution in [3.8, 4) is 0 Å². The maximum Gasteiger partial charge on any atom is 0.201 e. The van der Waals surface area contributed by atoms with E-state index in [2.05, 4.69) is 28.1 Å². The van der Waals surface area contributed by atoms with Gasteiger partial charge in [0.05, 0.1) is 0 Å². The van der Waals surface area contributed by atoms with Gasteiger partial charge in [0.15, 0.2) is 10.4 Å². The minimum Gasteiger partial charge on any atom is -0.446 e. The van der Waals surface area contributed by atoms with Crippen LogP contribution in [0.1, 0.15) is 21.7 Å². The van der Waals surface area contributed by atoms with Gasteiger partial charge in [0.25, 0.3) is 0 Å². The number of carbonyl (C=O) groups excluding carboxylic acids is 1. The van der Waals surface area contributed by atoms with E-state index in [4.69, 9.17) is 4.42 Å². The van der Waals surface area contributed by atoms with Crippen LogP contribution in [-0.4, -0.2) is 5.78 Å². The van der Waals surface area contributed by atoms with Gasteiger partial charge in [-0.15, -0.1) is 0 Å². The van der Waals surface area contributed by atoms with Gasteiger partial charge in [-0.3, -0.25) is 4.79 Å². The van der Waals surface area contributed by atoms with Crippen molar-refractivity contribution in [2.24, 2.45) is 5.92 Å². The SMILES string of the molecule is O=C(c1ccc(Br)o1)C1Cc2ccccc2C1. The molecule has 1 heterocycles. The van der Waals surface area contributed by atoms with Gasteiger partial charge in [0.1, 0.15) is 0 Å². The molecule has 1 aliphatic carbocycles. The molecule has 0 atom stereocenters. The molecule has 0 fully saturated rings. The summed E-state index contributed by atoms with van der Waals surface area (Å²) in [6, 6.07) is 11.7. The molecule has 0 aliphatic heterocycles. The van der Waals surface area contributed by atoms with E-state index in [1.807, 2.05) is 12.1 Å². The topological polar surface area (TPSA) is 30.2 Å².